The van der Waals surface area contributed by atoms with E-state index in [-0.39, 0.29) is 11.4 Å². The van der Waals surface area contributed by atoms with Gasteiger partial charge in [-0.2, -0.15) is 0 Å². The van der Waals surface area contributed by atoms with Crippen molar-refractivity contribution in [3.8, 4) is 0 Å². The van der Waals surface area contributed by atoms with Crippen LogP contribution in [0.4, 0.5) is 11.6 Å². The number of carboxylic acids is 1. The number of aromatic nitrogens is 2. The fourth-order valence-electron chi connectivity index (χ4n) is 2.16. The molecule has 0 amide bonds. The first-order valence-corrected chi connectivity index (χ1v) is 5.77. The van der Waals surface area contributed by atoms with Crippen LogP contribution in [0, 0.1) is 5.92 Å². The van der Waals surface area contributed by atoms with Crippen LogP contribution in [0.5, 0.6) is 0 Å². The van der Waals surface area contributed by atoms with Crippen LogP contribution < -0.4 is 11.1 Å². The molecule has 0 saturated heterocycles. The average Bonchev–Trinajstić information content (AvgIpc) is 2.80. The summed E-state index contributed by atoms with van der Waals surface area (Å²) in [7, 11) is 0. The first-order valence-electron chi connectivity index (χ1n) is 5.77. The van der Waals surface area contributed by atoms with Crippen molar-refractivity contribution in [2.45, 2.75) is 25.7 Å². The van der Waals surface area contributed by atoms with Crippen LogP contribution in [0.25, 0.3) is 0 Å². The Kier molecular flexibility index (Phi) is 3.41. The highest BCUT2D eigenvalue weighted by molar-refractivity contribution is 5.93. The van der Waals surface area contributed by atoms with Crippen molar-refractivity contribution < 1.29 is 9.90 Å². The van der Waals surface area contributed by atoms with Crippen LogP contribution in [0.3, 0.4) is 0 Å². The standard InChI is InChI=1S/C11H16N4O2/c12-9-5-8(11(16)17)10(15-14-9)13-6-7-3-1-2-4-7/h5,7H,1-4,6H2,(H2,12,14)(H,13,15)(H,16,17). The van der Waals surface area contributed by atoms with Gasteiger partial charge in [-0.05, 0) is 18.8 Å². The molecule has 1 saturated carbocycles. The number of nitrogen functional groups attached to an aromatic ring is 1. The van der Waals surface area contributed by atoms with Crippen LogP contribution >= 0.6 is 0 Å². The van der Waals surface area contributed by atoms with Crippen molar-refractivity contribution >= 4 is 17.6 Å². The summed E-state index contributed by atoms with van der Waals surface area (Å²) < 4.78 is 0. The maximum atomic E-state index is 11.0. The van der Waals surface area contributed by atoms with E-state index >= 15 is 0 Å². The molecule has 0 radical (unpaired) electrons. The highest BCUT2D eigenvalue weighted by atomic mass is 16.4. The molecular weight excluding hydrogens is 220 g/mol. The van der Waals surface area contributed by atoms with E-state index in [9.17, 15) is 4.79 Å². The summed E-state index contributed by atoms with van der Waals surface area (Å²) in [5, 5.41) is 19.5. The molecule has 1 aliphatic rings. The van der Waals surface area contributed by atoms with E-state index in [1.54, 1.807) is 0 Å². The molecule has 1 heterocycles. The first-order chi connectivity index (χ1) is 8.16. The maximum absolute atomic E-state index is 11.0. The second-order valence-corrected chi connectivity index (χ2v) is 4.37. The van der Waals surface area contributed by atoms with Gasteiger partial charge in [0.05, 0.1) is 0 Å². The molecule has 6 nitrogen and oxygen atoms in total. The van der Waals surface area contributed by atoms with Crippen LogP contribution in [0.2, 0.25) is 0 Å². The van der Waals surface area contributed by atoms with Crippen molar-refractivity contribution in [3.05, 3.63) is 11.6 Å². The molecule has 0 aliphatic heterocycles. The largest absolute Gasteiger partial charge is 0.478 e. The van der Waals surface area contributed by atoms with Crippen molar-refractivity contribution in [1.82, 2.24) is 10.2 Å². The van der Waals surface area contributed by atoms with E-state index in [0.29, 0.717) is 11.7 Å². The van der Waals surface area contributed by atoms with Gasteiger partial charge < -0.3 is 16.2 Å². The second-order valence-electron chi connectivity index (χ2n) is 4.37. The Bertz CT molecular complexity index is 416. The van der Waals surface area contributed by atoms with Gasteiger partial charge in [-0.25, -0.2) is 4.79 Å². The number of nitrogens with zero attached hydrogens (tertiary/aromatic N) is 2. The van der Waals surface area contributed by atoms with E-state index in [1.807, 2.05) is 0 Å². The Morgan fingerprint density at radius 2 is 2.18 bits per heavy atom. The van der Waals surface area contributed by atoms with Gasteiger partial charge in [-0.15, -0.1) is 10.2 Å². The van der Waals surface area contributed by atoms with E-state index in [0.717, 1.165) is 6.54 Å². The zero-order valence-electron chi connectivity index (χ0n) is 9.52. The number of anilines is 2. The van der Waals surface area contributed by atoms with Gasteiger partial charge in [-0.1, -0.05) is 12.8 Å². The molecule has 17 heavy (non-hydrogen) atoms. The van der Waals surface area contributed by atoms with E-state index in [4.69, 9.17) is 10.8 Å². The van der Waals surface area contributed by atoms with Crippen molar-refractivity contribution in [2.24, 2.45) is 5.92 Å². The lowest BCUT2D eigenvalue weighted by Gasteiger charge is -2.12. The zero-order chi connectivity index (χ0) is 12.3. The highest BCUT2D eigenvalue weighted by Crippen LogP contribution is 2.25. The molecular formula is C11H16N4O2. The molecule has 0 bridgehead atoms. The number of carbonyl (C=O) groups is 1. The molecule has 2 rings (SSSR count). The molecule has 0 spiro atoms. The average molecular weight is 236 g/mol. The lowest BCUT2D eigenvalue weighted by Crippen LogP contribution is -2.16. The molecule has 1 aromatic rings. The van der Waals surface area contributed by atoms with E-state index in [1.165, 1.54) is 31.7 Å². The number of hydrogen-bond acceptors (Lipinski definition) is 5. The molecule has 92 valence electrons. The Balaban J connectivity index is 2.06. The van der Waals surface area contributed by atoms with Crippen LogP contribution in [-0.2, 0) is 0 Å². The number of hydrogen-bond donors (Lipinski definition) is 3. The van der Waals surface area contributed by atoms with Crippen LogP contribution in [0.15, 0.2) is 6.07 Å². The minimum Gasteiger partial charge on any atom is -0.478 e. The fourth-order valence-corrected chi connectivity index (χ4v) is 2.16. The lowest BCUT2D eigenvalue weighted by molar-refractivity contribution is 0.0697. The van der Waals surface area contributed by atoms with Crippen LogP contribution in [-0.4, -0.2) is 27.8 Å². The molecule has 0 aromatic carbocycles. The zero-order valence-corrected chi connectivity index (χ0v) is 9.52. The van der Waals surface area contributed by atoms with Crippen molar-refractivity contribution in [2.75, 3.05) is 17.6 Å². The second kappa shape index (κ2) is 4.99. The van der Waals surface area contributed by atoms with Gasteiger partial charge in [0.1, 0.15) is 11.4 Å². The SMILES string of the molecule is Nc1cc(C(=O)O)c(NCC2CCCC2)nn1. The monoisotopic (exact) mass is 236 g/mol. The third kappa shape index (κ3) is 2.83. The van der Waals surface area contributed by atoms with Crippen molar-refractivity contribution in [3.63, 3.8) is 0 Å². The normalized spacial score (nSPS) is 16.0. The molecule has 0 atom stereocenters. The molecule has 1 aliphatic carbocycles. The minimum atomic E-state index is -1.04. The summed E-state index contributed by atoms with van der Waals surface area (Å²) in [6, 6.07) is 1.33. The summed E-state index contributed by atoms with van der Waals surface area (Å²) in [5.74, 6) is -0.0102. The Morgan fingerprint density at radius 3 is 2.82 bits per heavy atom. The number of nitrogens with one attached hydrogen (secondary N) is 1. The maximum Gasteiger partial charge on any atom is 0.339 e. The number of aromatic carboxylic acids is 1. The summed E-state index contributed by atoms with van der Waals surface area (Å²) in [5.41, 5.74) is 5.50. The topological polar surface area (TPSA) is 101 Å². The molecule has 0 unspecified atom stereocenters. The molecule has 1 fully saturated rings. The third-order valence-corrected chi connectivity index (χ3v) is 3.08. The van der Waals surface area contributed by atoms with Gasteiger partial charge in [0.25, 0.3) is 0 Å². The lowest BCUT2D eigenvalue weighted by atomic mass is 10.1. The number of rotatable bonds is 4. The smallest absolute Gasteiger partial charge is 0.339 e. The van der Waals surface area contributed by atoms with E-state index < -0.39 is 5.97 Å². The summed E-state index contributed by atoms with van der Waals surface area (Å²) in [4.78, 5) is 11.0. The Labute approximate surface area is 99.2 Å². The van der Waals surface area contributed by atoms with Crippen molar-refractivity contribution in [1.29, 1.82) is 0 Å². The summed E-state index contributed by atoms with van der Waals surface area (Å²) in [6.07, 6.45) is 4.90. The predicted octanol–water partition coefficient (Wildman–Crippen LogP) is 1.36. The molecule has 6 heteroatoms. The summed E-state index contributed by atoms with van der Waals surface area (Å²) in [6.45, 7) is 0.749. The summed E-state index contributed by atoms with van der Waals surface area (Å²) >= 11 is 0. The number of nitrogens with two attached hydrogens (primary N) is 1. The highest BCUT2D eigenvalue weighted by Gasteiger charge is 2.17. The fraction of sp³-hybridized carbons (Fsp3) is 0.545. The number of carboxylic acid groups (broad SMARTS) is 1. The van der Waals surface area contributed by atoms with Gasteiger partial charge >= 0.3 is 5.97 Å². The van der Waals surface area contributed by atoms with Gasteiger partial charge in [0.2, 0.25) is 0 Å². The quantitative estimate of drug-likeness (QED) is 0.729. The first kappa shape index (κ1) is 11.6. The van der Waals surface area contributed by atoms with Crippen LogP contribution in [0.1, 0.15) is 36.0 Å². The molecule has 1 aromatic heterocycles. The minimum absolute atomic E-state index is 0.0792. The Morgan fingerprint density at radius 1 is 1.47 bits per heavy atom. The van der Waals surface area contributed by atoms with E-state index in [2.05, 4.69) is 15.5 Å². The van der Waals surface area contributed by atoms with Gasteiger partial charge in [0, 0.05) is 12.6 Å². The Hall–Kier alpha value is -1.85. The third-order valence-electron chi connectivity index (χ3n) is 3.08. The molecule has 4 N–H and O–H groups in total. The predicted molar refractivity (Wildman–Crippen MR) is 63.9 cm³/mol. The van der Waals surface area contributed by atoms with Gasteiger partial charge in [0.15, 0.2) is 5.82 Å². The van der Waals surface area contributed by atoms with Gasteiger partial charge in [-0.3, -0.25) is 0 Å².